The minimum absolute atomic E-state index is 0.0230. The largest absolute Gasteiger partial charge is 0.416 e. The van der Waals surface area contributed by atoms with Crippen LogP contribution in [0.15, 0.2) is 48.5 Å². The summed E-state index contributed by atoms with van der Waals surface area (Å²) >= 11 is 0. The summed E-state index contributed by atoms with van der Waals surface area (Å²) in [7, 11) is -3.31. The van der Waals surface area contributed by atoms with Crippen molar-refractivity contribution in [3.8, 4) is 11.1 Å². The third kappa shape index (κ3) is 5.08. The van der Waals surface area contributed by atoms with Gasteiger partial charge in [0.2, 0.25) is 10.0 Å². The van der Waals surface area contributed by atoms with E-state index in [0.717, 1.165) is 23.3 Å². The van der Waals surface area contributed by atoms with Crippen LogP contribution in [0.3, 0.4) is 0 Å². The van der Waals surface area contributed by atoms with Crippen molar-refractivity contribution in [1.29, 1.82) is 0 Å². The fraction of sp³-hybridized carbons (Fsp3) is 0.368. The number of rotatable bonds is 6. The monoisotopic (exact) mass is 385 g/mol. The molecule has 2 rings (SSSR count). The summed E-state index contributed by atoms with van der Waals surface area (Å²) in [5.74, 6) is -0.0230. The Morgan fingerprint density at radius 2 is 1.35 bits per heavy atom. The number of hydrogen-bond acceptors (Lipinski definition) is 2. The van der Waals surface area contributed by atoms with Gasteiger partial charge in [-0.15, -0.1) is 0 Å². The van der Waals surface area contributed by atoms with Crippen molar-refractivity contribution in [2.75, 3.05) is 6.54 Å². The molecule has 0 saturated carbocycles. The Bertz CT molecular complexity index is 827. The molecule has 0 radical (unpaired) electrons. The highest BCUT2D eigenvalue weighted by atomic mass is 32.2. The van der Waals surface area contributed by atoms with E-state index in [1.807, 2.05) is 31.2 Å². The summed E-state index contributed by atoms with van der Waals surface area (Å²) < 4.78 is 64.1. The first-order chi connectivity index (χ1) is 12.0. The number of benzene rings is 2. The van der Waals surface area contributed by atoms with Gasteiger partial charge in [0.1, 0.15) is 0 Å². The lowest BCUT2D eigenvalue weighted by Gasteiger charge is -2.15. The molecule has 26 heavy (non-hydrogen) atoms. The second-order valence-corrected chi connectivity index (χ2v) is 8.86. The molecule has 1 N–H and O–H groups in total. The summed E-state index contributed by atoms with van der Waals surface area (Å²) in [5.41, 5.74) is 1.77. The Morgan fingerprint density at radius 3 is 1.77 bits per heavy atom. The van der Waals surface area contributed by atoms with Gasteiger partial charge in [0.15, 0.2) is 0 Å². The van der Waals surface area contributed by atoms with Crippen LogP contribution in [0.4, 0.5) is 13.2 Å². The highest BCUT2D eigenvalue weighted by Crippen LogP contribution is 2.31. The van der Waals surface area contributed by atoms with E-state index in [4.69, 9.17) is 0 Å². The Balaban J connectivity index is 2.08. The zero-order valence-corrected chi connectivity index (χ0v) is 15.7. The minimum Gasteiger partial charge on any atom is -0.214 e. The van der Waals surface area contributed by atoms with Gasteiger partial charge in [-0.1, -0.05) is 43.3 Å². The van der Waals surface area contributed by atoms with Crippen molar-refractivity contribution < 1.29 is 21.6 Å². The van der Waals surface area contributed by atoms with Crippen LogP contribution in [0.2, 0.25) is 0 Å². The predicted molar refractivity (Wildman–Crippen MR) is 97.4 cm³/mol. The van der Waals surface area contributed by atoms with E-state index in [2.05, 4.69) is 4.72 Å². The molecule has 0 fully saturated rings. The first-order valence-corrected chi connectivity index (χ1v) is 9.81. The van der Waals surface area contributed by atoms with Crippen molar-refractivity contribution in [2.45, 2.75) is 38.1 Å². The molecule has 0 spiro atoms. The summed E-state index contributed by atoms with van der Waals surface area (Å²) in [6, 6.07) is 12.4. The van der Waals surface area contributed by atoms with E-state index in [9.17, 15) is 21.6 Å². The molecular formula is C19H22F3NO2S. The maximum absolute atomic E-state index is 12.6. The van der Waals surface area contributed by atoms with Gasteiger partial charge in [0.05, 0.1) is 10.8 Å². The molecule has 0 unspecified atom stereocenters. The molecule has 1 atom stereocenters. The van der Waals surface area contributed by atoms with Crippen molar-refractivity contribution in [3.63, 3.8) is 0 Å². The molecule has 2 aromatic rings. The summed E-state index contributed by atoms with van der Waals surface area (Å²) in [4.78, 5) is 0. The molecule has 0 aliphatic heterocycles. The Kier molecular flexibility index (Phi) is 6.13. The smallest absolute Gasteiger partial charge is 0.214 e. The molecular weight excluding hydrogens is 363 g/mol. The van der Waals surface area contributed by atoms with Gasteiger partial charge in [-0.25, -0.2) is 13.1 Å². The van der Waals surface area contributed by atoms with Gasteiger partial charge in [0, 0.05) is 6.54 Å². The van der Waals surface area contributed by atoms with E-state index in [1.165, 1.54) is 12.1 Å². The lowest BCUT2D eigenvalue weighted by Crippen LogP contribution is -2.33. The van der Waals surface area contributed by atoms with Crippen molar-refractivity contribution in [2.24, 2.45) is 0 Å². The topological polar surface area (TPSA) is 46.2 Å². The van der Waals surface area contributed by atoms with Crippen LogP contribution in [0.25, 0.3) is 11.1 Å². The molecule has 0 aliphatic rings. The number of sulfonamides is 1. The lowest BCUT2D eigenvalue weighted by molar-refractivity contribution is -0.137. The van der Waals surface area contributed by atoms with Gasteiger partial charge in [-0.2, -0.15) is 13.2 Å². The molecule has 0 bridgehead atoms. The van der Waals surface area contributed by atoms with Crippen LogP contribution in [0.5, 0.6) is 0 Å². The maximum atomic E-state index is 12.6. The first-order valence-electron chi connectivity index (χ1n) is 8.27. The van der Waals surface area contributed by atoms with Gasteiger partial charge in [0.25, 0.3) is 0 Å². The zero-order valence-electron chi connectivity index (χ0n) is 14.8. The SMILES string of the molecule is CC(C)S(=O)(=O)NC[C@H](C)c1ccc(-c2ccc(C(F)(F)F)cc2)cc1. The molecule has 0 saturated heterocycles. The summed E-state index contributed by atoms with van der Waals surface area (Å²) in [5, 5.41) is -0.489. The summed E-state index contributed by atoms with van der Waals surface area (Å²) in [6.07, 6.45) is -4.35. The fourth-order valence-corrected chi connectivity index (χ4v) is 3.20. The van der Waals surface area contributed by atoms with Crippen molar-refractivity contribution in [1.82, 2.24) is 4.72 Å². The average molecular weight is 385 g/mol. The Labute approximate surface area is 152 Å². The van der Waals surface area contributed by atoms with Crippen molar-refractivity contribution >= 4 is 10.0 Å². The average Bonchev–Trinajstić information content (AvgIpc) is 2.59. The number of nitrogens with one attached hydrogen (secondary N) is 1. The predicted octanol–water partition coefficient (Wildman–Crippen LogP) is 4.80. The summed E-state index contributed by atoms with van der Waals surface area (Å²) in [6.45, 7) is 5.44. The molecule has 7 heteroatoms. The molecule has 0 aromatic heterocycles. The van der Waals surface area contributed by atoms with Crippen molar-refractivity contribution in [3.05, 3.63) is 59.7 Å². The molecule has 2 aromatic carbocycles. The first kappa shape index (κ1) is 20.5. The van der Waals surface area contributed by atoms with E-state index in [1.54, 1.807) is 13.8 Å². The van der Waals surface area contributed by atoms with E-state index >= 15 is 0 Å². The van der Waals surface area contributed by atoms with Crippen LogP contribution in [-0.2, 0) is 16.2 Å². The number of halogens is 3. The van der Waals surface area contributed by atoms with E-state index in [-0.39, 0.29) is 5.92 Å². The van der Waals surface area contributed by atoms with Crippen LogP contribution >= 0.6 is 0 Å². The highest BCUT2D eigenvalue weighted by molar-refractivity contribution is 7.90. The van der Waals surface area contributed by atoms with Gasteiger partial charge in [-0.3, -0.25) is 0 Å². The van der Waals surface area contributed by atoms with Crippen LogP contribution in [0, 0.1) is 0 Å². The molecule has 0 heterocycles. The van der Waals surface area contributed by atoms with Crippen LogP contribution in [-0.4, -0.2) is 20.2 Å². The quantitative estimate of drug-likeness (QED) is 0.776. The third-order valence-electron chi connectivity index (χ3n) is 4.24. The third-order valence-corrected chi connectivity index (χ3v) is 6.05. The Morgan fingerprint density at radius 1 is 0.885 bits per heavy atom. The highest BCUT2D eigenvalue weighted by Gasteiger charge is 2.29. The van der Waals surface area contributed by atoms with Crippen LogP contribution < -0.4 is 4.72 Å². The Hall–Kier alpha value is -1.86. The van der Waals surface area contributed by atoms with Gasteiger partial charge < -0.3 is 0 Å². The van der Waals surface area contributed by atoms with Gasteiger partial charge in [-0.05, 0) is 48.6 Å². The molecule has 0 aliphatic carbocycles. The lowest BCUT2D eigenvalue weighted by atomic mass is 9.97. The standard InChI is InChI=1S/C19H22F3NO2S/c1-13(2)26(24,25)23-12-14(3)15-4-6-16(7-5-15)17-8-10-18(11-9-17)19(20,21)22/h4-11,13-14,23H,12H2,1-3H3/t14-/m0/s1. The molecule has 0 amide bonds. The maximum Gasteiger partial charge on any atom is 0.416 e. The number of alkyl halides is 3. The van der Waals surface area contributed by atoms with Crippen LogP contribution in [0.1, 0.15) is 37.8 Å². The zero-order chi connectivity index (χ0) is 19.5. The van der Waals surface area contributed by atoms with E-state index in [0.29, 0.717) is 12.1 Å². The fourth-order valence-electron chi connectivity index (χ4n) is 2.38. The minimum atomic E-state index is -4.35. The molecule has 142 valence electrons. The van der Waals surface area contributed by atoms with E-state index < -0.39 is 27.0 Å². The molecule has 3 nitrogen and oxygen atoms in total. The normalized spacial score (nSPS) is 13.8. The van der Waals surface area contributed by atoms with Gasteiger partial charge >= 0.3 is 6.18 Å². The second kappa shape index (κ2) is 7.80. The second-order valence-electron chi connectivity index (χ2n) is 6.54. The number of hydrogen-bond donors (Lipinski definition) is 1.